The number of non-ortho nitro benzene ring substituents is 1. The van der Waals surface area contributed by atoms with Crippen molar-refractivity contribution in [3.63, 3.8) is 0 Å². The Kier molecular flexibility index (Phi) is 4.22. The average Bonchev–Trinajstić information content (AvgIpc) is 2.41. The molecule has 104 valence electrons. The van der Waals surface area contributed by atoms with Crippen LogP contribution in [0, 0.1) is 10.1 Å². The molecule has 0 aliphatic heterocycles. The van der Waals surface area contributed by atoms with E-state index in [4.69, 9.17) is 16.3 Å². The van der Waals surface area contributed by atoms with Crippen LogP contribution >= 0.6 is 11.6 Å². The number of aliphatic hydroxyl groups excluding tert-OH is 1. The molecule has 2 aromatic carbocycles. The minimum absolute atomic E-state index is 0.00657. The molecule has 2 aromatic rings. The molecule has 5 nitrogen and oxygen atoms in total. The summed E-state index contributed by atoms with van der Waals surface area (Å²) in [6, 6.07) is 10.7. The van der Waals surface area contributed by atoms with Crippen molar-refractivity contribution in [3.8, 4) is 11.5 Å². The Morgan fingerprint density at radius 1 is 1.25 bits per heavy atom. The fourth-order valence-electron chi connectivity index (χ4n) is 1.62. The van der Waals surface area contributed by atoms with Crippen molar-refractivity contribution in [3.05, 3.63) is 63.2 Å². The number of benzene rings is 2. The lowest BCUT2D eigenvalue weighted by molar-refractivity contribution is -0.384. The summed E-state index contributed by atoms with van der Waals surface area (Å²) in [5.41, 5.74) is 0.680. The summed E-state index contributed by atoms with van der Waals surface area (Å²) in [4.78, 5) is 10.1. The van der Waals surface area contributed by atoms with E-state index in [0.29, 0.717) is 22.1 Å². The van der Waals surface area contributed by atoms with Crippen LogP contribution in [-0.4, -0.2) is 10.0 Å². The van der Waals surface area contributed by atoms with Gasteiger partial charge in [0.1, 0.15) is 11.5 Å². The molecule has 0 saturated carbocycles. The summed E-state index contributed by atoms with van der Waals surface area (Å²) in [6.45, 7) is 1.64. The van der Waals surface area contributed by atoms with Crippen LogP contribution in [0.1, 0.15) is 18.6 Å². The van der Waals surface area contributed by atoms with Crippen LogP contribution in [0.15, 0.2) is 42.5 Å². The molecular formula is C14H12ClNO4. The van der Waals surface area contributed by atoms with Crippen molar-refractivity contribution in [2.75, 3.05) is 0 Å². The normalized spacial score (nSPS) is 11.9. The molecule has 0 radical (unpaired) electrons. The Balaban J connectivity index is 2.19. The van der Waals surface area contributed by atoms with E-state index in [0.717, 1.165) is 0 Å². The van der Waals surface area contributed by atoms with Gasteiger partial charge < -0.3 is 9.84 Å². The Hall–Kier alpha value is -2.11. The van der Waals surface area contributed by atoms with E-state index in [1.165, 1.54) is 24.3 Å². The zero-order valence-electron chi connectivity index (χ0n) is 10.6. The highest BCUT2D eigenvalue weighted by Crippen LogP contribution is 2.32. The van der Waals surface area contributed by atoms with Crippen molar-refractivity contribution in [1.29, 1.82) is 0 Å². The summed E-state index contributed by atoms with van der Waals surface area (Å²) >= 11 is 6.06. The van der Waals surface area contributed by atoms with Gasteiger partial charge in [-0.25, -0.2) is 0 Å². The fourth-order valence-corrected chi connectivity index (χ4v) is 1.85. The highest BCUT2D eigenvalue weighted by atomic mass is 35.5. The summed E-state index contributed by atoms with van der Waals surface area (Å²) in [5, 5.41) is 20.4. The summed E-state index contributed by atoms with van der Waals surface area (Å²) in [5.74, 6) is 0.868. The van der Waals surface area contributed by atoms with Gasteiger partial charge in [-0.15, -0.1) is 0 Å². The summed E-state index contributed by atoms with van der Waals surface area (Å²) in [7, 11) is 0. The summed E-state index contributed by atoms with van der Waals surface area (Å²) in [6.07, 6.45) is -0.610. The molecule has 0 spiro atoms. The Morgan fingerprint density at radius 3 is 2.40 bits per heavy atom. The van der Waals surface area contributed by atoms with Gasteiger partial charge in [-0.05, 0) is 36.8 Å². The van der Waals surface area contributed by atoms with Crippen molar-refractivity contribution < 1.29 is 14.8 Å². The number of ether oxygens (including phenoxy) is 1. The van der Waals surface area contributed by atoms with Gasteiger partial charge in [-0.2, -0.15) is 0 Å². The maximum Gasteiger partial charge on any atom is 0.269 e. The van der Waals surface area contributed by atoms with Gasteiger partial charge in [0.25, 0.3) is 5.69 Å². The van der Waals surface area contributed by atoms with E-state index in [2.05, 4.69) is 0 Å². The third kappa shape index (κ3) is 3.26. The number of rotatable bonds is 4. The Bertz CT molecular complexity index is 626. The lowest BCUT2D eigenvalue weighted by Gasteiger charge is -2.10. The second-order valence-electron chi connectivity index (χ2n) is 4.22. The number of halogens is 1. The first-order valence-corrected chi connectivity index (χ1v) is 6.25. The molecule has 20 heavy (non-hydrogen) atoms. The Labute approximate surface area is 120 Å². The zero-order chi connectivity index (χ0) is 14.7. The SMILES string of the molecule is CC(O)c1ccc(Oc2ccc([N+](=O)[O-])cc2)c(Cl)c1. The van der Waals surface area contributed by atoms with Crippen LogP contribution in [0.25, 0.3) is 0 Å². The smallest absolute Gasteiger partial charge is 0.269 e. The number of nitrogens with zero attached hydrogens (tertiary/aromatic N) is 1. The van der Waals surface area contributed by atoms with E-state index >= 15 is 0 Å². The minimum Gasteiger partial charge on any atom is -0.456 e. The van der Waals surface area contributed by atoms with Crippen molar-refractivity contribution >= 4 is 17.3 Å². The van der Waals surface area contributed by atoms with Crippen molar-refractivity contribution in [2.24, 2.45) is 0 Å². The molecule has 0 aliphatic rings. The van der Waals surface area contributed by atoms with Gasteiger partial charge >= 0.3 is 0 Å². The first-order valence-electron chi connectivity index (χ1n) is 5.87. The molecule has 1 N–H and O–H groups in total. The monoisotopic (exact) mass is 293 g/mol. The first kappa shape index (κ1) is 14.3. The minimum atomic E-state index is -0.610. The highest BCUT2D eigenvalue weighted by molar-refractivity contribution is 6.32. The van der Waals surface area contributed by atoms with Gasteiger partial charge in [0.05, 0.1) is 16.0 Å². The van der Waals surface area contributed by atoms with Gasteiger partial charge in [-0.3, -0.25) is 10.1 Å². The third-order valence-corrected chi connectivity index (χ3v) is 3.01. The summed E-state index contributed by atoms with van der Waals surface area (Å²) < 4.78 is 5.54. The molecule has 0 bridgehead atoms. The molecule has 0 saturated heterocycles. The van der Waals surface area contributed by atoms with Gasteiger partial charge in [0.2, 0.25) is 0 Å². The van der Waals surface area contributed by atoms with Crippen LogP contribution in [0.4, 0.5) is 5.69 Å². The first-order chi connectivity index (χ1) is 9.47. The van der Waals surface area contributed by atoms with E-state index in [1.54, 1.807) is 25.1 Å². The standard InChI is InChI=1S/C14H12ClNO4/c1-9(17)10-2-7-14(13(15)8-10)20-12-5-3-11(4-6-12)16(18)19/h2-9,17H,1H3. The number of hydrogen-bond donors (Lipinski definition) is 1. The predicted octanol–water partition coefficient (Wildman–Crippen LogP) is 4.09. The lowest BCUT2D eigenvalue weighted by atomic mass is 10.1. The van der Waals surface area contributed by atoms with Crippen LogP contribution < -0.4 is 4.74 Å². The number of nitro groups is 1. The average molecular weight is 294 g/mol. The van der Waals surface area contributed by atoms with Crippen LogP contribution in [-0.2, 0) is 0 Å². The molecule has 1 unspecified atom stereocenters. The molecule has 0 fully saturated rings. The molecule has 1 atom stereocenters. The van der Waals surface area contributed by atoms with Crippen LogP contribution in [0.3, 0.4) is 0 Å². The largest absolute Gasteiger partial charge is 0.456 e. The molecule has 6 heteroatoms. The van der Waals surface area contributed by atoms with E-state index in [-0.39, 0.29) is 5.69 Å². The second kappa shape index (κ2) is 5.90. The van der Waals surface area contributed by atoms with Crippen molar-refractivity contribution in [2.45, 2.75) is 13.0 Å². The number of aliphatic hydroxyl groups is 1. The molecule has 0 heterocycles. The maximum absolute atomic E-state index is 10.5. The van der Waals surface area contributed by atoms with E-state index in [9.17, 15) is 15.2 Å². The van der Waals surface area contributed by atoms with Gasteiger partial charge in [0.15, 0.2) is 0 Å². The molecular weight excluding hydrogens is 282 g/mol. The van der Waals surface area contributed by atoms with Gasteiger partial charge in [-0.1, -0.05) is 17.7 Å². The van der Waals surface area contributed by atoms with Crippen LogP contribution in [0.5, 0.6) is 11.5 Å². The van der Waals surface area contributed by atoms with E-state index < -0.39 is 11.0 Å². The Morgan fingerprint density at radius 2 is 1.90 bits per heavy atom. The molecule has 2 rings (SSSR count). The zero-order valence-corrected chi connectivity index (χ0v) is 11.4. The maximum atomic E-state index is 10.5. The number of hydrogen-bond acceptors (Lipinski definition) is 4. The lowest BCUT2D eigenvalue weighted by Crippen LogP contribution is -1.92. The van der Waals surface area contributed by atoms with E-state index in [1.807, 2.05) is 0 Å². The van der Waals surface area contributed by atoms with Gasteiger partial charge in [0, 0.05) is 12.1 Å². The third-order valence-electron chi connectivity index (χ3n) is 2.71. The fraction of sp³-hybridized carbons (Fsp3) is 0.143. The van der Waals surface area contributed by atoms with Crippen molar-refractivity contribution in [1.82, 2.24) is 0 Å². The molecule has 0 aromatic heterocycles. The second-order valence-corrected chi connectivity index (χ2v) is 4.63. The molecule has 0 aliphatic carbocycles. The van der Waals surface area contributed by atoms with Crippen LogP contribution in [0.2, 0.25) is 5.02 Å². The molecule has 0 amide bonds. The number of nitro benzene ring substituents is 1. The topological polar surface area (TPSA) is 72.6 Å². The predicted molar refractivity (Wildman–Crippen MR) is 75.3 cm³/mol. The highest BCUT2D eigenvalue weighted by Gasteiger charge is 2.09. The quantitative estimate of drug-likeness (QED) is 0.680.